The summed E-state index contributed by atoms with van der Waals surface area (Å²) < 4.78 is 43.8. The molecule has 4 aromatic rings. The van der Waals surface area contributed by atoms with Crippen LogP contribution < -0.4 is 11.2 Å². The summed E-state index contributed by atoms with van der Waals surface area (Å²) in [7, 11) is 0. The van der Waals surface area contributed by atoms with Crippen LogP contribution in [0.4, 0.5) is 13.2 Å². The van der Waals surface area contributed by atoms with E-state index in [-0.39, 0.29) is 24.3 Å². The van der Waals surface area contributed by atoms with Crippen molar-refractivity contribution in [1.29, 1.82) is 0 Å². The third-order valence-electron chi connectivity index (χ3n) is 4.63. The van der Waals surface area contributed by atoms with E-state index < -0.39 is 28.7 Å². The van der Waals surface area contributed by atoms with Crippen LogP contribution in [0.1, 0.15) is 5.56 Å². The molecule has 0 unspecified atom stereocenters. The summed E-state index contributed by atoms with van der Waals surface area (Å²) in [6.07, 6.45) is 2.74. The highest BCUT2D eigenvalue weighted by Crippen LogP contribution is 2.16. The van der Waals surface area contributed by atoms with Crippen LogP contribution in [-0.2, 0) is 13.1 Å². The molecule has 0 saturated carbocycles. The number of fused-ring (bicyclic) bond motifs is 1. The molecule has 6 nitrogen and oxygen atoms in total. The largest absolute Gasteiger partial charge is 0.337 e. The lowest BCUT2D eigenvalue weighted by molar-refractivity contribution is 0.506. The smallest absolute Gasteiger partial charge is 0.320 e. The Hall–Kier alpha value is -3.88. The maximum absolute atomic E-state index is 13.6. The van der Waals surface area contributed by atoms with Crippen molar-refractivity contribution >= 4 is 11.2 Å². The van der Waals surface area contributed by atoms with Gasteiger partial charge in [0.2, 0.25) is 0 Å². The predicted octanol–water partition coefficient (Wildman–Crippen LogP) is 3.00. The molecule has 0 bridgehead atoms. The minimum atomic E-state index is -1.01. The number of rotatable bonds is 5. The Bertz CT molecular complexity index is 1380. The van der Waals surface area contributed by atoms with Gasteiger partial charge in [0.15, 0.2) is 22.8 Å². The van der Waals surface area contributed by atoms with E-state index >= 15 is 0 Å². The van der Waals surface area contributed by atoms with E-state index in [1.54, 1.807) is 0 Å². The summed E-state index contributed by atoms with van der Waals surface area (Å²) in [4.78, 5) is 30.2. The number of halogens is 3. The maximum Gasteiger partial charge on any atom is 0.337 e. The highest BCUT2D eigenvalue weighted by molar-refractivity contribution is 5.72. The van der Waals surface area contributed by atoms with Crippen LogP contribution in [0.3, 0.4) is 0 Å². The second kappa shape index (κ2) is 7.51. The van der Waals surface area contributed by atoms with Crippen molar-refractivity contribution in [3.05, 3.63) is 105 Å². The van der Waals surface area contributed by atoms with E-state index in [4.69, 9.17) is 0 Å². The Balaban J connectivity index is 1.97. The van der Waals surface area contributed by atoms with E-state index in [0.717, 1.165) is 16.7 Å². The topological polar surface area (TPSA) is 61.8 Å². The number of imidazole rings is 1. The molecule has 2 aromatic carbocycles. The first kappa shape index (κ1) is 19.4. The van der Waals surface area contributed by atoms with Crippen molar-refractivity contribution < 1.29 is 13.2 Å². The minimum Gasteiger partial charge on any atom is -0.320 e. The fourth-order valence-corrected chi connectivity index (χ4v) is 3.25. The zero-order valence-electron chi connectivity index (χ0n) is 15.6. The van der Waals surface area contributed by atoms with Gasteiger partial charge < -0.3 is 4.57 Å². The first-order chi connectivity index (χ1) is 14.4. The number of hydrogen-bond donors (Lipinski definition) is 0. The summed E-state index contributed by atoms with van der Waals surface area (Å²) >= 11 is 0. The zero-order chi connectivity index (χ0) is 21.4. The molecule has 0 aliphatic rings. The summed E-state index contributed by atoms with van der Waals surface area (Å²) in [6, 6.07) is 8.58. The molecular formula is C21H15F3N4O2. The number of allylic oxidation sites excluding steroid dienone is 1. The van der Waals surface area contributed by atoms with Crippen molar-refractivity contribution in [2.75, 3.05) is 0 Å². The predicted molar refractivity (Wildman–Crippen MR) is 105 cm³/mol. The molecule has 0 radical (unpaired) electrons. The molecule has 0 fully saturated rings. The second-order valence-corrected chi connectivity index (χ2v) is 6.59. The number of benzene rings is 2. The quantitative estimate of drug-likeness (QED) is 0.474. The van der Waals surface area contributed by atoms with Crippen LogP contribution >= 0.6 is 0 Å². The molecule has 30 heavy (non-hydrogen) atoms. The molecule has 0 N–H and O–H groups in total. The molecule has 0 aliphatic carbocycles. The molecule has 0 saturated heterocycles. The van der Waals surface area contributed by atoms with Gasteiger partial charge in [0.05, 0.1) is 12.0 Å². The lowest BCUT2D eigenvalue weighted by atomic mass is 10.2. The molecular weight excluding hydrogens is 397 g/mol. The summed E-state index contributed by atoms with van der Waals surface area (Å²) in [6.45, 7) is 3.55. The number of nitrogens with zero attached hydrogens (tertiary/aromatic N) is 4. The zero-order valence-corrected chi connectivity index (χ0v) is 15.6. The molecule has 4 rings (SSSR count). The van der Waals surface area contributed by atoms with Gasteiger partial charge in [-0.2, -0.15) is 0 Å². The van der Waals surface area contributed by atoms with Gasteiger partial charge in [0.1, 0.15) is 5.82 Å². The van der Waals surface area contributed by atoms with Crippen molar-refractivity contribution in [3.8, 4) is 5.69 Å². The van der Waals surface area contributed by atoms with Crippen molar-refractivity contribution in [1.82, 2.24) is 18.7 Å². The number of hydrogen-bond acceptors (Lipinski definition) is 3. The van der Waals surface area contributed by atoms with Gasteiger partial charge in [-0.15, -0.1) is 6.58 Å². The Morgan fingerprint density at radius 1 is 1.00 bits per heavy atom. The van der Waals surface area contributed by atoms with E-state index in [1.165, 1.54) is 51.9 Å². The minimum absolute atomic E-state index is 0.0264. The van der Waals surface area contributed by atoms with E-state index in [9.17, 15) is 22.8 Å². The van der Waals surface area contributed by atoms with Gasteiger partial charge in [0, 0.05) is 13.1 Å². The van der Waals surface area contributed by atoms with Gasteiger partial charge in [-0.05, 0) is 42.0 Å². The van der Waals surface area contributed by atoms with Crippen molar-refractivity contribution in [3.63, 3.8) is 0 Å². The monoisotopic (exact) mass is 412 g/mol. The molecule has 0 aliphatic heterocycles. The van der Waals surface area contributed by atoms with E-state index in [1.807, 2.05) is 0 Å². The Labute approximate surface area is 167 Å². The summed E-state index contributed by atoms with van der Waals surface area (Å²) in [5.41, 5.74) is -0.375. The molecule has 152 valence electrons. The van der Waals surface area contributed by atoms with Crippen LogP contribution in [0.2, 0.25) is 0 Å². The Morgan fingerprint density at radius 2 is 1.73 bits per heavy atom. The first-order valence-electron chi connectivity index (χ1n) is 8.92. The molecule has 9 heteroatoms. The normalized spacial score (nSPS) is 11.2. The first-order valence-corrected chi connectivity index (χ1v) is 8.92. The average molecular weight is 412 g/mol. The van der Waals surface area contributed by atoms with Crippen molar-refractivity contribution in [2.24, 2.45) is 0 Å². The standard InChI is InChI=1S/C21H15F3N4O2/c1-2-9-27-20(29)18-19(28(21(27)30)15-6-4-14(22)5-7-15)25-12-26(18)11-13-3-8-16(23)17(24)10-13/h2-8,10,12H,1,9,11H2. The van der Waals surface area contributed by atoms with E-state index in [0.29, 0.717) is 11.3 Å². The lowest BCUT2D eigenvalue weighted by Crippen LogP contribution is -2.39. The highest BCUT2D eigenvalue weighted by Gasteiger charge is 2.19. The molecule has 0 amide bonds. The van der Waals surface area contributed by atoms with Crippen LogP contribution in [-0.4, -0.2) is 18.7 Å². The lowest BCUT2D eigenvalue weighted by Gasteiger charge is -2.12. The molecule has 0 spiro atoms. The molecule has 0 atom stereocenters. The second-order valence-electron chi connectivity index (χ2n) is 6.59. The Kier molecular flexibility index (Phi) is 4.86. The summed E-state index contributed by atoms with van der Waals surface area (Å²) in [5.74, 6) is -2.47. The maximum atomic E-state index is 13.6. The number of aromatic nitrogens is 4. The summed E-state index contributed by atoms with van der Waals surface area (Å²) in [5, 5.41) is 0. The van der Waals surface area contributed by atoms with Gasteiger partial charge in [-0.3, -0.25) is 9.36 Å². The third kappa shape index (κ3) is 3.24. The molecule has 2 aromatic heterocycles. The fraction of sp³-hybridized carbons (Fsp3) is 0.0952. The Morgan fingerprint density at radius 3 is 2.40 bits per heavy atom. The van der Waals surface area contributed by atoms with E-state index in [2.05, 4.69) is 11.6 Å². The average Bonchev–Trinajstić information content (AvgIpc) is 3.13. The fourth-order valence-electron chi connectivity index (χ4n) is 3.25. The molecule has 2 heterocycles. The van der Waals surface area contributed by atoms with Crippen LogP contribution in [0.15, 0.2) is 71.0 Å². The SMILES string of the molecule is C=CCn1c(=O)c2c(ncn2Cc2ccc(F)c(F)c2)n(-c2ccc(F)cc2)c1=O. The van der Waals surface area contributed by atoms with Gasteiger partial charge in [0.25, 0.3) is 5.56 Å². The van der Waals surface area contributed by atoms with Gasteiger partial charge in [-0.25, -0.2) is 27.5 Å². The highest BCUT2D eigenvalue weighted by atomic mass is 19.2. The van der Waals surface area contributed by atoms with Crippen LogP contribution in [0.25, 0.3) is 16.9 Å². The van der Waals surface area contributed by atoms with Gasteiger partial charge >= 0.3 is 5.69 Å². The van der Waals surface area contributed by atoms with Crippen molar-refractivity contribution in [2.45, 2.75) is 13.1 Å². The third-order valence-corrected chi connectivity index (χ3v) is 4.63. The van der Waals surface area contributed by atoms with Crippen LogP contribution in [0.5, 0.6) is 0 Å². The van der Waals surface area contributed by atoms with Gasteiger partial charge in [-0.1, -0.05) is 12.1 Å². The van der Waals surface area contributed by atoms with Crippen LogP contribution in [0, 0.1) is 17.5 Å².